The standard InChI is InChI=1S/C15H25N3O2S/c1-10-11(2)20-7-6-18(10)14(19)16-8-12-9-21-13(17-12)15(3,4)5/h9-11H,6-8H2,1-5H3,(H,16,19)/t10-,11+/m1/s1. The van der Waals surface area contributed by atoms with Gasteiger partial charge in [0.1, 0.15) is 0 Å². The third kappa shape index (κ3) is 3.95. The molecule has 0 unspecified atom stereocenters. The van der Waals surface area contributed by atoms with Crippen LogP contribution < -0.4 is 5.32 Å². The van der Waals surface area contributed by atoms with E-state index in [1.807, 2.05) is 24.1 Å². The summed E-state index contributed by atoms with van der Waals surface area (Å²) in [6, 6.07) is 0.0577. The largest absolute Gasteiger partial charge is 0.375 e. The third-order valence-electron chi connectivity index (χ3n) is 3.76. The Morgan fingerprint density at radius 1 is 1.52 bits per heavy atom. The van der Waals surface area contributed by atoms with Crippen LogP contribution in [-0.4, -0.2) is 41.2 Å². The van der Waals surface area contributed by atoms with Gasteiger partial charge < -0.3 is 15.0 Å². The van der Waals surface area contributed by atoms with Crippen LogP contribution >= 0.6 is 11.3 Å². The lowest BCUT2D eigenvalue weighted by molar-refractivity contribution is -0.0376. The molecule has 0 aromatic carbocycles. The molecule has 6 heteroatoms. The Hall–Kier alpha value is -1.14. The molecule has 0 bridgehead atoms. The molecule has 0 radical (unpaired) electrons. The van der Waals surface area contributed by atoms with Crippen molar-refractivity contribution in [1.29, 1.82) is 0 Å². The monoisotopic (exact) mass is 311 g/mol. The number of thiazole rings is 1. The van der Waals surface area contributed by atoms with Gasteiger partial charge in [0.05, 0.1) is 36.0 Å². The van der Waals surface area contributed by atoms with Gasteiger partial charge in [-0.1, -0.05) is 20.8 Å². The Morgan fingerprint density at radius 3 is 2.86 bits per heavy atom. The summed E-state index contributed by atoms with van der Waals surface area (Å²) in [6.07, 6.45) is 0.0799. The van der Waals surface area contributed by atoms with E-state index in [4.69, 9.17) is 4.74 Å². The van der Waals surface area contributed by atoms with E-state index in [-0.39, 0.29) is 23.6 Å². The van der Waals surface area contributed by atoms with Gasteiger partial charge in [-0.15, -0.1) is 11.3 Å². The fourth-order valence-corrected chi connectivity index (χ4v) is 3.13. The zero-order valence-corrected chi connectivity index (χ0v) is 14.3. The lowest BCUT2D eigenvalue weighted by atomic mass is 9.98. The third-order valence-corrected chi connectivity index (χ3v) is 5.08. The van der Waals surface area contributed by atoms with Crippen molar-refractivity contribution in [2.75, 3.05) is 13.2 Å². The van der Waals surface area contributed by atoms with Gasteiger partial charge >= 0.3 is 6.03 Å². The molecule has 1 aliphatic rings. The van der Waals surface area contributed by atoms with Crippen LogP contribution in [0.5, 0.6) is 0 Å². The number of nitrogens with one attached hydrogen (secondary N) is 1. The molecular weight excluding hydrogens is 286 g/mol. The Morgan fingerprint density at radius 2 is 2.24 bits per heavy atom. The zero-order valence-electron chi connectivity index (χ0n) is 13.5. The number of morpholine rings is 1. The molecule has 2 rings (SSSR count). The predicted octanol–water partition coefficient (Wildman–Crippen LogP) is 2.76. The minimum absolute atomic E-state index is 0.0389. The van der Waals surface area contributed by atoms with Gasteiger partial charge in [-0.05, 0) is 13.8 Å². The van der Waals surface area contributed by atoms with Crippen LogP contribution in [0.25, 0.3) is 0 Å². The molecule has 1 aromatic rings. The second-order valence-corrected chi connectivity index (χ2v) is 7.42. The molecule has 0 aliphatic carbocycles. The van der Waals surface area contributed by atoms with E-state index in [0.717, 1.165) is 10.7 Å². The molecular formula is C15H25N3O2S. The fraction of sp³-hybridized carbons (Fsp3) is 0.733. The van der Waals surface area contributed by atoms with E-state index < -0.39 is 0 Å². The molecule has 1 N–H and O–H groups in total. The van der Waals surface area contributed by atoms with E-state index in [1.54, 1.807) is 11.3 Å². The number of hydrogen-bond acceptors (Lipinski definition) is 4. The summed E-state index contributed by atoms with van der Waals surface area (Å²) in [6.45, 7) is 12.2. The molecule has 2 atom stereocenters. The van der Waals surface area contributed by atoms with E-state index in [0.29, 0.717) is 19.7 Å². The van der Waals surface area contributed by atoms with Crippen molar-refractivity contribution in [3.63, 3.8) is 0 Å². The number of rotatable bonds is 2. The van der Waals surface area contributed by atoms with Gasteiger partial charge in [0.25, 0.3) is 0 Å². The van der Waals surface area contributed by atoms with Crippen molar-refractivity contribution in [1.82, 2.24) is 15.2 Å². The van der Waals surface area contributed by atoms with E-state index in [9.17, 15) is 4.79 Å². The van der Waals surface area contributed by atoms with Gasteiger partial charge in [0, 0.05) is 17.3 Å². The smallest absolute Gasteiger partial charge is 0.318 e. The predicted molar refractivity (Wildman–Crippen MR) is 84.6 cm³/mol. The van der Waals surface area contributed by atoms with Crippen LogP contribution in [0.1, 0.15) is 45.3 Å². The average Bonchev–Trinajstić information content (AvgIpc) is 2.88. The summed E-state index contributed by atoms with van der Waals surface area (Å²) in [5, 5.41) is 6.08. The maximum atomic E-state index is 12.3. The highest BCUT2D eigenvalue weighted by Gasteiger charge is 2.29. The highest BCUT2D eigenvalue weighted by atomic mass is 32.1. The van der Waals surface area contributed by atoms with Crippen LogP contribution in [-0.2, 0) is 16.7 Å². The lowest BCUT2D eigenvalue weighted by Gasteiger charge is -2.37. The topological polar surface area (TPSA) is 54.5 Å². The van der Waals surface area contributed by atoms with Gasteiger partial charge in [0.15, 0.2) is 0 Å². The minimum Gasteiger partial charge on any atom is -0.375 e. The van der Waals surface area contributed by atoms with Gasteiger partial charge in [-0.25, -0.2) is 9.78 Å². The number of hydrogen-bond donors (Lipinski definition) is 1. The molecule has 0 saturated carbocycles. The first-order valence-corrected chi connectivity index (χ1v) is 8.28. The molecule has 0 spiro atoms. The Labute approximate surface area is 130 Å². The molecule has 1 saturated heterocycles. The highest BCUT2D eigenvalue weighted by Crippen LogP contribution is 2.25. The quantitative estimate of drug-likeness (QED) is 0.913. The molecule has 21 heavy (non-hydrogen) atoms. The summed E-state index contributed by atoms with van der Waals surface area (Å²) in [5.74, 6) is 0. The molecule has 1 fully saturated rings. The van der Waals surface area contributed by atoms with Crippen molar-refractivity contribution < 1.29 is 9.53 Å². The van der Waals surface area contributed by atoms with Crippen LogP contribution in [0.15, 0.2) is 5.38 Å². The van der Waals surface area contributed by atoms with Gasteiger partial charge in [-0.3, -0.25) is 0 Å². The molecule has 118 valence electrons. The van der Waals surface area contributed by atoms with Crippen LogP contribution in [0.2, 0.25) is 0 Å². The van der Waals surface area contributed by atoms with Gasteiger partial charge in [-0.2, -0.15) is 0 Å². The number of nitrogens with zero attached hydrogens (tertiary/aromatic N) is 2. The second kappa shape index (κ2) is 6.32. The second-order valence-electron chi connectivity index (χ2n) is 6.56. The van der Waals surface area contributed by atoms with Crippen molar-refractivity contribution in [3.05, 3.63) is 16.1 Å². The highest BCUT2D eigenvalue weighted by molar-refractivity contribution is 7.09. The average molecular weight is 311 g/mol. The van der Waals surface area contributed by atoms with E-state index >= 15 is 0 Å². The van der Waals surface area contributed by atoms with Crippen LogP contribution in [0.4, 0.5) is 4.79 Å². The summed E-state index contributed by atoms with van der Waals surface area (Å²) in [4.78, 5) is 18.7. The molecule has 1 aliphatic heterocycles. The van der Waals surface area contributed by atoms with E-state index in [1.165, 1.54) is 0 Å². The van der Waals surface area contributed by atoms with Crippen molar-refractivity contribution in [2.45, 2.75) is 58.7 Å². The Kier molecular flexibility index (Phi) is 4.88. The first-order valence-electron chi connectivity index (χ1n) is 7.40. The summed E-state index contributed by atoms with van der Waals surface area (Å²) >= 11 is 1.65. The zero-order chi connectivity index (χ0) is 15.6. The number of carbonyl (C=O) groups is 1. The Balaban J connectivity index is 1.90. The number of urea groups is 1. The van der Waals surface area contributed by atoms with E-state index in [2.05, 4.69) is 31.1 Å². The maximum absolute atomic E-state index is 12.3. The Bertz CT molecular complexity index is 495. The molecule has 2 amide bonds. The number of carbonyl (C=O) groups excluding carboxylic acids is 1. The fourth-order valence-electron chi connectivity index (χ4n) is 2.22. The van der Waals surface area contributed by atoms with Crippen molar-refractivity contribution >= 4 is 17.4 Å². The first-order chi connectivity index (χ1) is 9.79. The SMILES string of the molecule is C[C@@H]1OCCN(C(=O)NCc2csc(C(C)(C)C)n2)[C@@H]1C. The van der Waals surface area contributed by atoms with Crippen LogP contribution in [0, 0.1) is 0 Å². The van der Waals surface area contributed by atoms with Crippen molar-refractivity contribution in [3.8, 4) is 0 Å². The molecule has 1 aromatic heterocycles. The number of ether oxygens (including phenoxy) is 1. The van der Waals surface area contributed by atoms with Crippen LogP contribution in [0.3, 0.4) is 0 Å². The maximum Gasteiger partial charge on any atom is 0.318 e. The molecule has 5 nitrogen and oxygen atoms in total. The normalized spacial score (nSPS) is 23.2. The molecule has 2 heterocycles. The van der Waals surface area contributed by atoms with Gasteiger partial charge in [0.2, 0.25) is 0 Å². The first kappa shape index (κ1) is 16.2. The minimum atomic E-state index is -0.0389. The lowest BCUT2D eigenvalue weighted by Crippen LogP contribution is -2.54. The summed E-state index contributed by atoms with van der Waals surface area (Å²) < 4.78 is 5.54. The summed E-state index contributed by atoms with van der Waals surface area (Å²) in [5.41, 5.74) is 0.980. The number of aromatic nitrogens is 1. The number of amides is 2. The summed E-state index contributed by atoms with van der Waals surface area (Å²) in [7, 11) is 0. The van der Waals surface area contributed by atoms with Crippen molar-refractivity contribution in [2.24, 2.45) is 0 Å².